The summed E-state index contributed by atoms with van der Waals surface area (Å²) in [5, 5.41) is 0. The summed E-state index contributed by atoms with van der Waals surface area (Å²) >= 11 is 0. The van der Waals surface area contributed by atoms with Crippen molar-refractivity contribution >= 4 is 17.8 Å². The van der Waals surface area contributed by atoms with Crippen LogP contribution in [-0.4, -0.2) is 90.8 Å². The lowest BCUT2D eigenvalue weighted by molar-refractivity contribution is -0.144. The third kappa shape index (κ3) is 3.76. The predicted molar refractivity (Wildman–Crippen MR) is 123 cm³/mol. The number of benzene rings is 1. The van der Waals surface area contributed by atoms with Gasteiger partial charge in [0.1, 0.15) is 0 Å². The maximum absolute atomic E-state index is 13.5. The van der Waals surface area contributed by atoms with E-state index < -0.39 is 5.41 Å². The van der Waals surface area contributed by atoms with Gasteiger partial charge in [-0.05, 0) is 38.2 Å². The highest BCUT2D eigenvalue weighted by atomic mass is 16.2. The van der Waals surface area contributed by atoms with Crippen molar-refractivity contribution < 1.29 is 14.4 Å². The van der Waals surface area contributed by atoms with E-state index in [0.29, 0.717) is 39.1 Å². The van der Waals surface area contributed by atoms with E-state index in [9.17, 15) is 14.4 Å². The summed E-state index contributed by atoms with van der Waals surface area (Å²) in [6.07, 6.45) is 3.63. The zero-order chi connectivity index (χ0) is 22.9. The summed E-state index contributed by atoms with van der Waals surface area (Å²) < 4.78 is 0. The second-order valence-electron chi connectivity index (χ2n) is 9.90. The van der Waals surface area contributed by atoms with Gasteiger partial charge >= 0.3 is 6.03 Å². The van der Waals surface area contributed by atoms with Crippen LogP contribution >= 0.6 is 0 Å². The van der Waals surface area contributed by atoms with Crippen molar-refractivity contribution in [3.63, 3.8) is 0 Å². The SMILES string of the molecule is CCN1CC[C@@]2(CN(C(=O)N(C)C)CC23CCN(C(=O)CCc2ccccc2)CC3)C1=O. The number of piperidine rings is 1. The van der Waals surface area contributed by atoms with Gasteiger partial charge in [-0.2, -0.15) is 0 Å². The van der Waals surface area contributed by atoms with Crippen LogP contribution in [0.5, 0.6) is 0 Å². The van der Waals surface area contributed by atoms with Crippen molar-refractivity contribution in [1.82, 2.24) is 19.6 Å². The maximum atomic E-state index is 13.5. The summed E-state index contributed by atoms with van der Waals surface area (Å²) in [6.45, 7) is 5.94. The van der Waals surface area contributed by atoms with Crippen molar-refractivity contribution in [2.45, 2.75) is 39.0 Å². The molecule has 3 aliphatic heterocycles. The predicted octanol–water partition coefficient (Wildman–Crippen LogP) is 2.46. The minimum absolute atomic E-state index is 0.0228. The van der Waals surface area contributed by atoms with Gasteiger partial charge in [-0.25, -0.2) is 4.79 Å². The number of hydrogen-bond donors (Lipinski definition) is 0. The highest BCUT2D eigenvalue weighted by Crippen LogP contribution is 2.58. The van der Waals surface area contributed by atoms with Crippen LogP contribution in [0.15, 0.2) is 30.3 Å². The molecule has 3 heterocycles. The molecule has 174 valence electrons. The summed E-state index contributed by atoms with van der Waals surface area (Å²) in [7, 11) is 3.53. The molecule has 0 aliphatic carbocycles. The summed E-state index contributed by atoms with van der Waals surface area (Å²) in [4.78, 5) is 46.7. The van der Waals surface area contributed by atoms with Crippen LogP contribution in [0.2, 0.25) is 0 Å². The largest absolute Gasteiger partial charge is 0.343 e. The number of amides is 4. The van der Waals surface area contributed by atoms with Gasteiger partial charge in [-0.1, -0.05) is 30.3 Å². The van der Waals surface area contributed by atoms with Crippen molar-refractivity contribution in [1.29, 1.82) is 0 Å². The number of fused-ring (bicyclic) bond motifs is 1. The highest BCUT2D eigenvalue weighted by molar-refractivity contribution is 5.88. The molecule has 1 atom stereocenters. The van der Waals surface area contributed by atoms with Crippen molar-refractivity contribution in [3.8, 4) is 0 Å². The van der Waals surface area contributed by atoms with Crippen LogP contribution < -0.4 is 0 Å². The Kier molecular flexibility index (Phi) is 6.19. The molecule has 0 radical (unpaired) electrons. The minimum Gasteiger partial charge on any atom is -0.343 e. The van der Waals surface area contributed by atoms with Crippen LogP contribution in [0, 0.1) is 10.8 Å². The van der Waals surface area contributed by atoms with Crippen LogP contribution in [0.3, 0.4) is 0 Å². The van der Waals surface area contributed by atoms with Crippen molar-refractivity contribution in [2.24, 2.45) is 10.8 Å². The number of carbonyl (C=O) groups excluding carboxylic acids is 3. The number of nitrogens with zero attached hydrogens (tertiary/aromatic N) is 4. The van der Waals surface area contributed by atoms with Crippen LogP contribution in [0.25, 0.3) is 0 Å². The number of rotatable bonds is 4. The first-order valence-corrected chi connectivity index (χ1v) is 11.9. The van der Waals surface area contributed by atoms with E-state index in [1.807, 2.05) is 39.8 Å². The Morgan fingerprint density at radius 1 is 0.969 bits per heavy atom. The monoisotopic (exact) mass is 440 g/mol. The van der Waals surface area contributed by atoms with Gasteiger partial charge in [0.2, 0.25) is 11.8 Å². The van der Waals surface area contributed by atoms with Gasteiger partial charge < -0.3 is 19.6 Å². The fourth-order valence-electron chi connectivity index (χ4n) is 6.14. The average Bonchev–Trinajstić information content (AvgIpc) is 3.30. The Morgan fingerprint density at radius 3 is 2.25 bits per heavy atom. The topological polar surface area (TPSA) is 64.2 Å². The number of aryl methyl sites for hydroxylation is 1. The molecule has 3 saturated heterocycles. The normalized spacial score (nSPS) is 24.6. The molecule has 0 unspecified atom stereocenters. The zero-order valence-electron chi connectivity index (χ0n) is 19.7. The Balaban J connectivity index is 1.47. The molecule has 3 aliphatic rings. The number of urea groups is 1. The molecule has 0 saturated carbocycles. The van der Waals surface area contributed by atoms with Crippen molar-refractivity contribution in [2.75, 3.05) is 53.4 Å². The van der Waals surface area contributed by atoms with Gasteiger partial charge in [0.05, 0.1) is 5.41 Å². The minimum atomic E-state index is -0.506. The van der Waals surface area contributed by atoms with E-state index in [2.05, 4.69) is 12.1 Å². The van der Waals surface area contributed by atoms with Crippen LogP contribution in [0.4, 0.5) is 4.79 Å². The smallest absolute Gasteiger partial charge is 0.319 e. The molecule has 32 heavy (non-hydrogen) atoms. The molecule has 1 aromatic rings. The molecule has 7 heteroatoms. The lowest BCUT2D eigenvalue weighted by atomic mass is 9.60. The Hall–Kier alpha value is -2.57. The number of hydrogen-bond acceptors (Lipinski definition) is 3. The van der Waals surface area contributed by atoms with Gasteiger partial charge in [-0.15, -0.1) is 0 Å². The van der Waals surface area contributed by atoms with E-state index >= 15 is 0 Å². The van der Waals surface area contributed by atoms with E-state index in [-0.39, 0.29) is 23.3 Å². The molecule has 4 amide bonds. The molecule has 7 nitrogen and oxygen atoms in total. The van der Waals surface area contributed by atoms with Gasteiger partial charge in [0, 0.05) is 65.2 Å². The fourth-order valence-corrected chi connectivity index (χ4v) is 6.14. The second-order valence-corrected chi connectivity index (χ2v) is 9.90. The van der Waals surface area contributed by atoms with E-state index in [4.69, 9.17) is 0 Å². The molecule has 0 bridgehead atoms. The molecule has 1 aromatic carbocycles. The van der Waals surface area contributed by atoms with Crippen LogP contribution in [-0.2, 0) is 16.0 Å². The van der Waals surface area contributed by atoms with Crippen molar-refractivity contribution in [3.05, 3.63) is 35.9 Å². The zero-order valence-corrected chi connectivity index (χ0v) is 19.7. The first-order valence-electron chi connectivity index (χ1n) is 11.9. The van der Waals surface area contributed by atoms with Gasteiger partial charge in [0.25, 0.3) is 0 Å². The molecule has 2 spiro atoms. The Morgan fingerprint density at radius 2 is 1.66 bits per heavy atom. The Labute approximate surface area is 191 Å². The lowest BCUT2D eigenvalue weighted by Gasteiger charge is -2.46. The molecular weight excluding hydrogens is 404 g/mol. The molecular formula is C25H36N4O3. The summed E-state index contributed by atoms with van der Waals surface area (Å²) in [6, 6.07) is 10.1. The lowest BCUT2D eigenvalue weighted by Crippen LogP contribution is -2.53. The van der Waals surface area contributed by atoms with Crippen LogP contribution in [0.1, 0.15) is 38.2 Å². The number of likely N-dealkylation sites (tertiary alicyclic amines) is 3. The summed E-state index contributed by atoms with van der Waals surface area (Å²) in [5.74, 6) is 0.391. The maximum Gasteiger partial charge on any atom is 0.319 e. The van der Waals surface area contributed by atoms with E-state index in [1.54, 1.807) is 19.0 Å². The molecule has 4 rings (SSSR count). The van der Waals surface area contributed by atoms with Gasteiger partial charge in [-0.3, -0.25) is 9.59 Å². The quantitative estimate of drug-likeness (QED) is 0.723. The molecule has 0 aromatic heterocycles. The van der Waals surface area contributed by atoms with E-state index in [0.717, 1.165) is 32.2 Å². The third-order valence-electron chi connectivity index (χ3n) is 8.05. The second kappa shape index (κ2) is 8.75. The molecule has 3 fully saturated rings. The highest BCUT2D eigenvalue weighted by Gasteiger charge is 2.65. The summed E-state index contributed by atoms with van der Waals surface area (Å²) in [5.41, 5.74) is 0.433. The standard InChI is InChI=1S/C25H36N4O3/c1-4-27-17-14-25(22(27)31)19-29(23(32)26(2)3)18-24(25)12-15-28(16-13-24)21(30)11-10-20-8-6-5-7-9-20/h5-9H,4,10-19H2,1-3H3/t25-/m1/s1. The first-order chi connectivity index (χ1) is 15.3. The number of carbonyl (C=O) groups is 3. The van der Waals surface area contributed by atoms with Gasteiger partial charge in [0.15, 0.2) is 0 Å². The van der Waals surface area contributed by atoms with E-state index in [1.165, 1.54) is 5.56 Å². The first kappa shape index (κ1) is 22.6. The molecule has 0 N–H and O–H groups in total. The third-order valence-corrected chi connectivity index (χ3v) is 8.05. The Bertz CT molecular complexity index is 863. The fraction of sp³-hybridized carbons (Fsp3) is 0.640. The average molecular weight is 441 g/mol.